The Morgan fingerprint density at radius 1 is 1.40 bits per heavy atom. The lowest BCUT2D eigenvalue weighted by Crippen LogP contribution is -2.38. The molecule has 1 aromatic carbocycles. The molecule has 6 nitrogen and oxygen atoms in total. The van der Waals surface area contributed by atoms with E-state index in [1.165, 1.54) is 5.56 Å². The van der Waals surface area contributed by atoms with E-state index in [2.05, 4.69) is 16.2 Å². The average Bonchev–Trinajstić information content (AvgIpc) is 3.05. The van der Waals surface area contributed by atoms with Crippen LogP contribution in [-0.4, -0.2) is 32.3 Å². The van der Waals surface area contributed by atoms with Gasteiger partial charge >= 0.3 is 5.76 Å². The minimum absolute atomic E-state index is 0.0953. The number of halogens is 1. The van der Waals surface area contributed by atoms with E-state index >= 15 is 0 Å². The predicted octanol–water partition coefficient (Wildman–Crippen LogP) is 3.13. The molecule has 1 aliphatic rings. The van der Waals surface area contributed by atoms with Crippen molar-refractivity contribution >= 4 is 22.7 Å². The number of benzene rings is 1. The molecule has 2 aromatic heterocycles. The van der Waals surface area contributed by atoms with Crippen LogP contribution in [0.2, 0.25) is 5.02 Å². The lowest BCUT2D eigenvalue weighted by molar-refractivity contribution is 0.167. The molecule has 0 bridgehead atoms. The Morgan fingerprint density at radius 2 is 2.24 bits per heavy atom. The monoisotopic (exact) mass is 360 g/mol. The van der Waals surface area contributed by atoms with Crippen molar-refractivity contribution in [1.82, 2.24) is 19.2 Å². The van der Waals surface area contributed by atoms with Gasteiger partial charge in [0, 0.05) is 36.9 Å². The van der Waals surface area contributed by atoms with Crippen molar-refractivity contribution in [3.05, 3.63) is 51.2 Å². The van der Waals surface area contributed by atoms with Crippen LogP contribution in [0.3, 0.4) is 0 Å². The van der Waals surface area contributed by atoms with Crippen molar-refractivity contribution in [1.29, 1.82) is 0 Å². The first kappa shape index (κ1) is 16.4. The molecule has 1 fully saturated rings. The highest BCUT2D eigenvalue weighted by atomic mass is 35.5. The van der Waals surface area contributed by atoms with Gasteiger partial charge in [-0.2, -0.15) is 5.10 Å². The normalized spacial score (nSPS) is 18.9. The van der Waals surface area contributed by atoms with Crippen molar-refractivity contribution in [2.45, 2.75) is 32.4 Å². The van der Waals surface area contributed by atoms with Gasteiger partial charge in [-0.05, 0) is 44.5 Å². The second-order valence-electron chi connectivity index (χ2n) is 6.79. The molecule has 0 amide bonds. The fourth-order valence-electron chi connectivity index (χ4n) is 3.78. The van der Waals surface area contributed by atoms with E-state index in [9.17, 15) is 4.79 Å². The molecule has 0 aliphatic carbocycles. The standard InChI is InChI=1S/C18H21ClN4O2/c1-12-13(9-21(2)20-12)10-22-7-3-4-15(11-22)23-16-8-14(19)5-6-17(16)25-18(23)24/h5-6,8-9,15H,3-4,7,10-11H2,1-2H3/t15-/m0/s1. The molecular formula is C18H21ClN4O2. The number of hydrogen-bond donors (Lipinski definition) is 0. The molecule has 7 heteroatoms. The Balaban J connectivity index is 1.61. The number of oxazole rings is 1. The summed E-state index contributed by atoms with van der Waals surface area (Å²) in [5, 5.41) is 5.03. The number of nitrogens with zero attached hydrogens (tertiary/aromatic N) is 4. The summed E-state index contributed by atoms with van der Waals surface area (Å²) in [7, 11) is 1.94. The minimum atomic E-state index is -0.304. The Bertz CT molecular complexity index is 971. The summed E-state index contributed by atoms with van der Waals surface area (Å²) in [6, 6.07) is 5.41. The fraction of sp³-hybridized carbons (Fsp3) is 0.444. The molecule has 25 heavy (non-hydrogen) atoms. The summed E-state index contributed by atoms with van der Waals surface area (Å²) in [5.41, 5.74) is 3.66. The second kappa shape index (κ2) is 6.35. The van der Waals surface area contributed by atoms with E-state index < -0.39 is 0 Å². The highest BCUT2D eigenvalue weighted by molar-refractivity contribution is 6.31. The summed E-state index contributed by atoms with van der Waals surface area (Å²) >= 11 is 6.12. The van der Waals surface area contributed by atoms with Crippen LogP contribution in [0.25, 0.3) is 11.1 Å². The number of piperidine rings is 1. The molecule has 1 aliphatic heterocycles. The largest absolute Gasteiger partial charge is 0.420 e. The predicted molar refractivity (Wildman–Crippen MR) is 97.0 cm³/mol. The first-order chi connectivity index (χ1) is 12.0. The summed E-state index contributed by atoms with van der Waals surface area (Å²) in [4.78, 5) is 14.8. The number of aryl methyl sites for hydroxylation is 2. The molecule has 0 spiro atoms. The molecule has 0 saturated carbocycles. The molecule has 4 rings (SSSR count). The molecule has 1 atom stereocenters. The summed E-state index contributed by atoms with van der Waals surface area (Å²) in [6.45, 7) is 4.72. The van der Waals surface area contributed by atoms with Crippen LogP contribution in [0.15, 0.2) is 33.6 Å². The fourth-order valence-corrected chi connectivity index (χ4v) is 3.95. The van der Waals surface area contributed by atoms with Crippen LogP contribution >= 0.6 is 11.6 Å². The number of likely N-dealkylation sites (tertiary alicyclic amines) is 1. The maximum Gasteiger partial charge on any atom is 0.420 e. The average molecular weight is 361 g/mol. The summed E-state index contributed by atoms with van der Waals surface area (Å²) in [6.07, 6.45) is 4.07. The third-order valence-corrected chi connectivity index (χ3v) is 5.16. The highest BCUT2D eigenvalue weighted by Gasteiger charge is 2.26. The van der Waals surface area contributed by atoms with Crippen LogP contribution in [0.1, 0.15) is 30.1 Å². The topological polar surface area (TPSA) is 56.2 Å². The van der Waals surface area contributed by atoms with Crippen molar-refractivity contribution in [3.63, 3.8) is 0 Å². The van der Waals surface area contributed by atoms with E-state index in [1.54, 1.807) is 16.7 Å². The zero-order valence-electron chi connectivity index (χ0n) is 14.4. The first-order valence-electron chi connectivity index (χ1n) is 8.53. The van der Waals surface area contributed by atoms with Gasteiger partial charge in [-0.15, -0.1) is 0 Å². The van der Waals surface area contributed by atoms with Crippen LogP contribution in [0.4, 0.5) is 0 Å². The smallest absolute Gasteiger partial charge is 0.408 e. The molecule has 0 N–H and O–H groups in total. The van der Waals surface area contributed by atoms with Crippen molar-refractivity contribution in [2.24, 2.45) is 7.05 Å². The first-order valence-corrected chi connectivity index (χ1v) is 8.91. The third-order valence-electron chi connectivity index (χ3n) is 4.93. The van der Waals surface area contributed by atoms with E-state index in [0.717, 1.165) is 43.7 Å². The minimum Gasteiger partial charge on any atom is -0.408 e. The third kappa shape index (κ3) is 3.12. The Kier molecular flexibility index (Phi) is 4.17. The van der Waals surface area contributed by atoms with Crippen molar-refractivity contribution < 1.29 is 4.42 Å². The van der Waals surface area contributed by atoms with Gasteiger partial charge in [0.1, 0.15) is 0 Å². The van der Waals surface area contributed by atoms with E-state index in [0.29, 0.717) is 10.6 Å². The second-order valence-corrected chi connectivity index (χ2v) is 7.23. The maximum atomic E-state index is 12.4. The Labute approximate surface area is 150 Å². The van der Waals surface area contributed by atoms with Gasteiger partial charge in [-0.3, -0.25) is 14.1 Å². The quantitative estimate of drug-likeness (QED) is 0.720. The van der Waals surface area contributed by atoms with Crippen molar-refractivity contribution in [3.8, 4) is 0 Å². The number of hydrogen-bond acceptors (Lipinski definition) is 4. The number of rotatable bonds is 3. The van der Waals surface area contributed by atoms with E-state index in [4.69, 9.17) is 16.0 Å². The van der Waals surface area contributed by atoms with Crippen LogP contribution < -0.4 is 5.76 Å². The molecule has 1 saturated heterocycles. The van der Waals surface area contributed by atoms with Gasteiger partial charge in [0.25, 0.3) is 0 Å². The lowest BCUT2D eigenvalue weighted by atomic mass is 10.0. The zero-order valence-corrected chi connectivity index (χ0v) is 15.2. The van der Waals surface area contributed by atoms with E-state index in [1.807, 2.05) is 24.7 Å². The molecule has 0 radical (unpaired) electrons. The van der Waals surface area contributed by atoms with Gasteiger partial charge in [-0.1, -0.05) is 11.6 Å². The SMILES string of the molecule is Cc1nn(C)cc1CN1CCC[C@H](n2c(=O)oc3ccc(Cl)cc32)C1. The number of aromatic nitrogens is 3. The molecule has 3 aromatic rings. The zero-order chi connectivity index (χ0) is 17.6. The van der Waals surface area contributed by atoms with Crippen LogP contribution in [0, 0.1) is 6.92 Å². The Morgan fingerprint density at radius 3 is 3.00 bits per heavy atom. The number of fused-ring (bicyclic) bond motifs is 1. The highest BCUT2D eigenvalue weighted by Crippen LogP contribution is 2.27. The van der Waals surface area contributed by atoms with Crippen molar-refractivity contribution in [2.75, 3.05) is 13.1 Å². The van der Waals surface area contributed by atoms with Gasteiger partial charge in [0.05, 0.1) is 17.3 Å². The lowest BCUT2D eigenvalue weighted by Gasteiger charge is -2.32. The summed E-state index contributed by atoms with van der Waals surface area (Å²) in [5.74, 6) is -0.304. The van der Waals surface area contributed by atoms with Gasteiger partial charge < -0.3 is 4.42 Å². The maximum absolute atomic E-state index is 12.4. The molecular weight excluding hydrogens is 340 g/mol. The van der Waals surface area contributed by atoms with Gasteiger partial charge in [-0.25, -0.2) is 4.79 Å². The summed E-state index contributed by atoms with van der Waals surface area (Å²) < 4.78 is 9.02. The van der Waals surface area contributed by atoms with Gasteiger partial charge in [0.15, 0.2) is 5.58 Å². The molecule has 132 valence electrons. The van der Waals surface area contributed by atoms with Crippen LogP contribution in [0.5, 0.6) is 0 Å². The van der Waals surface area contributed by atoms with E-state index in [-0.39, 0.29) is 11.8 Å². The Hall–Kier alpha value is -2.05. The van der Waals surface area contributed by atoms with Gasteiger partial charge in [0.2, 0.25) is 0 Å². The van der Waals surface area contributed by atoms with Crippen LogP contribution in [-0.2, 0) is 13.6 Å². The molecule has 0 unspecified atom stereocenters. The molecule has 3 heterocycles.